The Bertz CT molecular complexity index is 1120. The van der Waals surface area contributed by atoms with Gasteiger partial charge in [0.1, 0.15) is 0 Å². The second kappa shape index (κ2) is 6.80. The van der Waals surface area contributed by atoms with Crippen molar-refractivity contribution in [2.45, 2.75) is 32.6 Å². The Hall–Kier alpha value is -2.12. The summed E-state index contributed by atoms with van der Waals surface area (Å²) in [4.78, 5) is 13.0. The minimum atomic E-state index is -3.78. The van der Waals surface area contributed by atoms with Crippen LogP contribution in [0.5, 0.6) is 0 Å². The van der Waals surface area contributed by atoms with Crippen LogP contribution in [0.25, 0.3) is 10.9 Å². The maximum Gasteiger partial charge on any atom is 0.261 e. The molecule has 2 aromatic carbocycles. The molecule has 1 N–H and O–H groups in total. The van der Waals surface area contributed by atoms with Crippen molar-refractivity contribution in [3.8, 4) is 0 Å². The Balaban J connectivity index is 2.15. The Morgan fingerprint density at radius 1 is 1.04 bits per heavy atom. The summed E-state index contributed by atoms with van der Waals surface area (Å²) in [5, 5.41) is 0.761. The molecule has 0 amide bonds. The normalized spacial score (nSPS) is 12.3. The molecule has 7 heteroatoms. The molecule has 1 aromatic heterocycles. The van der Waals surface area contributed by atoms with Crippen molar-refractivity contribution in [3.05, 3.63) is 58.7 Å². The number of carbonyl (C=O) groups excluding carboxylic acids is 1. The zero-order valence-corrected chi connectivity index (χ0v) is 18.0. The molecule has 0 spiro atoms. The molecular weight excluding hydrogens is 428 g/mol. The van der Waals surface area contributed by atoms with Crippen LogP contribution in [0.4, 0.5) is 5.69 Å². The number of benzene rings is 2. The van der Waals surface area contributed by atoms with E-state index >= 15 is 0 Å². The highest BCUT2D eigenvalue weighted by atomic mass is 79.9. The van der Waals surface area contributed by atoms with Crippen LogP contribution < -0.4 is 4.72 Å². The summed E-state index contributed by atoms with van der Waals surface area (Å²) in [6, 6.07) is 11.8. The maximum absolute atomic E-state index is 12.8. The van der Waals surface area contributed by atoms with Crippen LogP contribution in [0.15, 0.2) is 58.0 Å². The third-order valence-corrected chi connectivity index (χ3v) is 6.30. The molecule has 0 aliphatic rings. The monoisotopic (exact) mass is 448 g/mol. The molecule has 142 valence electrons. The van der Waals surface area contributed by atoms with Gasteiger partial charge in [0.2, 0.25) is 5.91 Å². The van der Waals surface area contributed by atoms with Gasteiger partial charge < -0.3 is 0 Å². The highest BCUT2D eigenvalue weighted by Crippen LogP contribution is 2.34. The minimum Gasteiger partial charge on any atom is -0.285 e. The number of halogens is 1. The van der Waals surface area contributed by atoms with E-state index in [1.807, 2.05) is 27.7 Å². The van der Waals surface area contributed by atoms with Crippen molar-refractivity contribution in [2.24, 2.45) is 5.41 Å². The first-order chi connectivity index (χ1) is 12.5. The van der Waals surface area contributed by atoms with Crippen LogP contribution in [-0.2, 0) is 10.0 Å². The Morgan fingerprint density at radius 3 is 2.26 bits per heavy atom. The maximum atomic E-state index is 12.8. The van der Waals surface area contributed by atoms with Gasteiger partial charge in [-0.1, -0.05) is 54.4 Å². The summed E-state index contributed by atoms with van der Waals surface area (Å²) in [5.41, 5.74) is 1.25. The van der Waals surface area contributed by atoms with Gasteiger partial charge in [-0.25, -0.2) is 8.42 Å². The molecule has 0 fully saturated rings. The van der Waals surface area contributed by atoms with Crippen LogP contribution in [0.3, 0.4) is 0 Å². The predicted molar refractivity (Wildman–Crippen MR) is 112 cm³/mol. The van der Waals surface area contributed by atoms with Gasteiger partial charge in [-0.2, -0.15) is 0 Å². The summed E-state index contributed by atoms with van der Waals surface area (Å²) >= 11 is 3.47. The standard InChI is InChI=1S/C20H21BrN2O3S/c1-13-5-7-14(8-6-13)27(25,26)22-17-10-9-16(21)15-11-12-23(18(15)17)19(24)20(2,3)4/h5-12,22H,1-4H3. The molecule has 0 unspecified atom stereocenters. The van der Waals surface area contributed by atoms with Gasteiger partial charge >= 0.3 is 0 Å². The molecule has 0 bridgehead atoms. The van der Waals surface area contributed by atoms with Crippen molar-refractivity contribution < 1.29 is 13.2 Å². The molecular formula is C20H21BrN2O3S. The lowest BCUT2D eigenvalue weighted by Crippen LogP contribution is -2.26. The van der Waals surface area contributed by atoms with E-state index in [-0.39, 0.29) is 10.8 Å². The largest absolute Gasteiger partial charge is 0.285 e. The summed E-state index contributed by atoms with van der Waals surface area (Å²) in [6.07, 6.45) is 1.67. The summed E-state index contributed by atoms with van der Waals surface area (Å²) < 4.78 is 30.6. The molecule has 0 radical (unpaired) electrons. The third kappa shape index (κ3) is 3.80. The fraction of sp³-hybridized carbons (Fsp3) is 0.250. The number of aryl methyl sites for hydroxylation is 1. The number of hydrogen-bond acceptors (Lipinski definition) is 3. The summed E-state index contributed by atoms with van der Waals surface area (Å²) in [7, 11) is -3.78. The van der Waals surface area contributed by atoms with Crippen molar-refractivity contribution in [3.63, 3.8) is 0 Å². The van der Waals surface area contributed by atoms with E-state index < -0.39 is 15.4 Å². The number of anilines is 1. The SMILES string of the molecule is Cc1ccc(S(=O)(=O)Nc2ccc(Br)c3ccn(C(=O)C(C)(C)C)c23)cc1. The zero-order valence-electron chi connectivity index (χ0n) is 15.6. The molecule has 5 nitrogen and oxygen atoms in total. The molecule has 0 aliphatic heterocycles. The fourth-order valence-electron chi connectivity index (χ4n) is 2.76. The molecule has 3 aromatic rings. The van der Waals surface area contributed by atoms with E-state index in [4.69, 9.17) is 0 Å². The van der Waals surface area contributed by atoms with Gasteiger partial charge in [0.05, 0.1) is 16.1 Å². The van der Waals surface area contributed by atoms with Crippen LogP contribution in [-0.4, -0.2) is 18.9 Å². The van der Waals surface area contributed by atoms with Crippen LogP contribution in [0.2, 0.25) is 0 Å². The second-order valence-electron chi connectivity index (χ2n) is 7.52. The Kier molecular flexibility index (Phi) is 4.94. The van der Waals surface area contributed by atoms with Gasteiger partial charge in [-0.05, 0) is 37.3 Å². The van der Waals surface area contributed by atoms with Crippen molar-refractivity contribution in [1.82, 2.24) is 4.57 Å². The number of aromatic nitrogens is 1. The summed E-state index contributed by atoms with van der Waals surface area (Å²) in [5.74, 6) is -0.119. The number of nitrogens with one attached hydrogen (secondary N) is 1. The van der Waals surface area contributed by atoms with E-state index in [0.29, 0.717) is 11.2 Å². The number of fused-ring (bicyclic) bond motifs is 1. The van der Waals surface area contributed by atoms with Crippen LogP contribution in [0, 0.1) is 12.3 Å². The molecule has 0 saturated carbocycles. The van der Waals surface area contributed by atoms with Gasteiger partial charge in [0, 0.05) is 21.5 Å². The van der Waals surface area contributed by atoms with E-state index in [9.17, 15) is 13.2 Å². The van der Waals surface area contributed by atoms with Crippen molar-refractivity contribution in [1.29, 1.82) is 0 Å². The number of sulfonamides is 1. The smallest absolute Gasteiger partial charge is 0.261 e. The first-order valence-corrected chi connectivity index (χ1v) is 10.7. The number of carbonyl (C=O) groups is 1. The Labute approximate surface area is 167 Å². The number of rotatable bonds is 3. The third-order valence-electron chi connectivity index (χ3n) is 4.23. The lowest BCUT2D eigenvalue weighted by atomic mass is 9.95. The lowest BCUT2D eigenvalue weighted by Gasteiger charge is -2.19. The van der Waals surface area contributed by atoms with Crippen LogP contribution >= 0.6 is 15.9 Å². The van der Waals surface area contributed by atoms with Crippen molar-refractivity contribution >= 4 is 48.5 Å². The van der Waals surface area contributed by atoms with Gasteiger partial charge in [0.25, 0.3) is 10.0 Å². The van der Waals surface area contributed by atoms with E-state index in [1.165, 1.54) is 4.57 Å². The van der Waals surface area contributed by atoms with E-state index in [2.05, 4.69) is 20.7 Å². The molecule has 1 heterocycles. The van der Waals surface area contributed by atoms with Crippen molar-refractivity contribution in [2.75, 3.05) is 4.72 Å². The van der Waals surface area contributed by atoms with Gasteiger partial charge in [-0.15, -0.1) is 0 Å². The van der Waals surface area contributed by atoms with E-state index in [1.54, 1.807) is 48.7 Å². The first kappa shape index (κ1) is 19.6. The first-order valence-electron chi connectivity index (χ1n) is 8.44. The number of hydrogen-bond donors (Lipinski definition) is 1. The second-order valence-corrected chi connectivity index (χ2v) is 10.1. The van der Waals surface area contributed by atoms with Crippen LogP contribution in [0.1, 0.15) is 31.1 Å². The van der Waals surface area contributed by atoms with E-state index in [0.717, 1.165) is 15.4 Å². The molecule has 0 saturated heterocycles. The molecule has 0 atom stereocenters. The average molecular weight is 449 g/mol. The predicted octanol–water partition coefficient (Wildman–Crippen LogP) is 5.20. The van der Waals surface area contributed by atoms with Gasteiger partial charge in [0.15, 0.2) is 0 Å². The molecule has 27 heavy (non-hydrogen) atoms. The zero-order chi connectivity index (χ0) is 20.0. The van der Waals surface area contributed by atoms with Gasteiger partial charge in [-0.3, -0.25) is 14.1 Å². The topological polar surface area (TPSA) is 68.2 Å². The Morgan fingerprint density at radius 2 is 1.67 bits per heavy atom. The average Bonchev–Trinajstić information content (AvgIpc) is 3.02. The summed E-state index contributed by atoms with van der Waals surface area (Å²) in [6.45, 7) is 7.38. The highest BCUT2D eigenvalue weighted by Gasteiger charge is 2.26. The number of nitrogens with zero attached hydrogens (tertiary/aromatic N) is 1. The molecule has 3 rings (SSSR count). The molecule has 0 aliphatic carbocycles. The quantitative estimate of drug-likeness (QED) is 0.598. The lowest BCUT2D eigenvalue weighted by molar-refractivity contribution is 0.0773. The minimum absolute atomic E-state index is 0.119. The fourth-order valence-corrected chi connectivity index (χ4v) is 4.28. The highest BCUT2D eigenvalue weighted by molar-refractivity contribution is 9.10.